The van der Waals surface area contributed by atoms with Crippen LogP contribution < -0.4 is 9.64 Å². The van der Waals surface area contributed by atoms with Gasteiger partial charge in [-0.3, -0.25) is 14.8 Å². The van der Waals surface area contributed by atoms with Crippen molar-refractivity contribution in [3.63, 3.8) is 0 Å². The summed E-state index contributed by atoms with van der Waals surface area (Å²) < 4.78 is 32.5. The molecule has 6 rings (SSSR count). The first-order chi connectivity index (χ1) is 17.4. The lowest BCUT2D eigenvalue weighted by molar-refractivity contribution is -0.113. The van der Waals surface area contributed by atoms with Gasteiger partial charge in [0.2, 0.25) is 0 Å². The van der Waals surface area contributed by atoms with E-state index in [0.29, 0.717) is 31.4 Å². The molecule has 2 atom stereocenters. The van der Waals surface area contributed by atoms with E-state index in [1.165, 1.54) is 0 Å². The molecule has 3 aliphatic heterocycles. The average molecular weight is 494 g/mol. The minimum Gasteiger partial charge on any atom is -0.463 e. The third-order valence-electron chi connectivity index (χ3n) is 7.33. The van der Waals surface area contributed by atoms with E-state index < -0.39 is 24.9 Å². The minimum absolute atomic E-state index is 0.0320. The van der Waals surface area contributed by atoms with E-state index >= 15 is 0 Å². The van der Waals surface area contributed by atoms with Crippen LogP contribution in [0.15, 0.2) is 29.4 Å². The highest BCUT2D eigenvalue weighted by molar-refractivity contribution is 6.04. The Labute approximate surface area is 206 Å². The van der Waals surface area contributed by atoms with Crippen LogP contribution in [-0.4, -0.2) is 70.2 Å². The van der Waals surface area contributed by atoms with E-state index in [1.54, 1.807) is 12.3 Å². The number of hydrogen-bond donors (Lipinski definition) is 0. The van der Waals surface area contributed by atoms with Gasteiger partial charge in [0.1, 0.15) is 11.5 Å². The number of carbonyl (C=O) groups excluding carboxylic acids is 1. The number of ether oxygens (including phenoxy) is 1. The Balaban J connectivity index is 1.18. The summed E-state index contributed by atoms with van der Waals surface area (Å²) in [6.07, 6.45) is 4.28. The van der Waals surface area contributed by atoms with Gasteiger partial charge in [-0.05, 0) is 31.4 Å². The Morgan fingerprint density at radius 1 is 1.25 bits per heavy atom. The fourth-order valence-electron chi connectivity index (χ4n) is 5.11. The van der Waals surface area contributed by atoms with Crippen LogP contribution in [0.5, 0.6) is 6.01 Å². The maximum atomic E-state index is 13.4. The van der Waals surface area contributed by atoms with Gasteiger partial charge in [0.25, 0.3) is 11.8 Å². The molecule has 4 aliphatic rings. The second kappa shape index (κ2) is 8.76. The number of fused-ring (bicyclic) bond motifs is 1. The van der Waals surface area contributed by atoms with Crippen molar-refractivity contribution in [1.29, 1.82) is 5.26 Å². The highest BCUT2D eigenvalue weighted by Gasteiger charge is 2.47. The summed E-state index contributed by atoms with van der Waals surface area (Å²) in [6, 6.07) is 7.82. The minimum atomic E-state index is -2.86. The zero-order valence-electron chi connectivity index (χ0n) is 19.6. The second-order valence-corrected chi connectivity index (χ2v) is 9.91. The van der Waals surface area contributed by atoms with Crippen molar-refractivity contribution in [1.82, 2.24) is 19.9 Å². The monoisotopic (exact) mass is 493 g/mol. The van der Waals surface area contributed by atoms with Gasteiger partial charge in [-0.15, -0.1) is 0 Å². The highest BCUT2D eigenvalue weighted by atomic mass is 19.3. The maximum absolute atomic E-state index is 13.4. The Morgan fingerprint density at radius 2 is 2.06 bits per heavy atom. The standard InChI is InChI=1S/C25H25F2N7O2/c26-25(27)13-34(14-25)23(35)19-9-21(32-24(31-19)36-12-17-8-16(17)10-28)33-6-3-15(4-7-33)22-18-2-1-5-29-20(18)11-30-22/h1-2,5,9,15-17H,3-4,6-8,11-14H2/t16-,17+/m0/s1. The third-order valence-corrected chi connectivity index (χ3v) is 7.33. The van der Waals surface area contributed by atoms with Gasteiger partial charge in [-0.25, -0.2) is 8.78 Å². The van der Waals surface area contributed by atoms with Crippen LogP contribution >= 0.6 is 0 Å². The van der Waals surface area contributed by atoms with Crippen molar-refractivity contribution >= 4 is 17.4 Å². The van der Waals surface area contributed by atoms with Crippen LogP contribution in [0.3, 0.4) is 0 Å². The molecule has 5 heterocycles. The van der Waals surface area contributed by atoms with Crippen molar-refractivity contribution in [2.45, 2.75) is 31.7 Å². The summed E-state index contributed by atoms with van der Waals surface area (Å²) in [6.45, 7) is 1.07. The molecule has 186 valence electrons. The number of nitriles is 1. The number of likely N-dealkylation sites (tertiary alicyclic amines) is 1. The summed E-state index contributed by atoms with van der Waals surface area (Å²) in [5, 5.41) is 9.03. The molecule has 0 spiro atoms. The number of carbonyl (C=O) groups is 1. The van der Waals surface area contributed by atoms with Gasteiger partial charge < -0.3 is 14.5 Å². The average Bonchev–Trinajstić information content (AvgIpc) is 3.52. The molecule has 0 aromatic carbocycles. The van der Waals surface area contributed by atoms with E-state index in [4.69, 9.17) is 15.0 Å². The number of halogens is 2. The predicted octanol–water partition coefficient (Wildman–Crippen LogP) is 2.72. The second-order valence-electron chi connectivity index (χ2n) is 9.91. The van der Waals surface area contributed by atoms with E-state index in [9.17, 15) is 13.6 Å². The van der Waals surface area contributed by atoms with Gasteiger partial charge in [-0.1, -0.05) is 0 Å². The lowest BCUT2D eigenvalue weighted by Crippen LogP contribution is -2.58. The molecule has 9 nitrogen and oxygen atoms in total. The number of hydrogen-bond acceptors (Lipinski definition) is 8. The summed E-state index contributed by atoms with van der Waals surface area (Å²) in [4.78, 5) is 33.9. The molecule has 0 radical (unpaired) electrons. The summed E-state index contributed by atoms with van der Waals surface area (Å²) in [5.74, 6) is -2.48. The molecule has 0 unspecified atom stereocenters. The van der Waals surface area contributed by atoms with Crippen LogP contribution in [-0.2, 0) is 6.54 Å². The third kappa shape index (κ3) is 4.36. The molecule has 2 saturated heterocycles. The van der Waals surface area contributed by atoms with E-state index in [0.717, 1.165) is 41.1 Å². The van der Waals surface area contributed by atoms with Gasteiger partial charge >= 0.3 is 6.01 Å². The molecule has 0 N–H and O–H groups in total. The van der Waals surface area contributed by atoms with E-state index in [1.807, 2.05) is 6.07 Å². The largest absolute Gasteiger partial charge is 0.463 e. The zero-order chi connectivity index (χ0) is 24.9. The summed E-state index contributed by atoms with van der Waals surface area (Å²) in [7, 11) is 0. The normalized spacial score (nSPS) is 24.4. The summed E-state index contributed by atoms with van der Waals surface area (Å²) in [5.41, 5.74) is 3.29. The number of aliphatic imine (C=N–C) groups is 1. The summed E-state index contributed by atoms with van der Waals surface area (Å²) >= 11 is 0. The van der Waals surface area contributed by atoms with Crippen LogP contribution in [0.25, 0.3) is 0 Å². The van der Waals surface area contributed by atoms with E-state index in [2.05, 4.69) is 32.0 Å². The van der Waals surface area contributed by atoms with Gasteiger partial charge in [0.05, 0.1) is 43.9 Å². The Morgan fingerprint density at radius 3 is 2.78 bits per heavy atom. The molecular formula is C25H25F2N7O2. The van der Waals surface area contributed by atoms with Crippen LogP contribution in [0, 0.1) is 29.1 Å². The maximum Gasteiger partial charge on any atom is 0.319 e. The Hall–Kier alpha value is -3.68. The molecular weight excluding hydrogens is 468 g/mol. The molecule has 1 saturated carbocycles. The number of amides is 1. The predicted molar refractivity (Wildman–Crippen MR) is 125 cm³/mol. The molecule has 36 heavy (non-hydrogen) atoms. The van der Waals surface area contributed by atoms with E-state index in [-0.39, 0.29) is 30.1 Å². The van der Waals surface area contributed by atoms with Crippen molar-refractivity contribution in [2.24, 2.45) is 22.7 Å². The van der Waals surface area contributed by atoms with Gasteiger partial charge in [0, 0.05) is 48.5 Å². The number of nitrogens with zero attached hydrogens (tertiary/aromatic N) is 7. The van der Waals surface area contributed by atoms with Crippen molar-refractivity contribution in [3.8, 4) is 12.1 Å². The molecule has 2 aromatic heterocycles. The zero-order valence-corrected chi connectivity index (χ0v) is 19.6. The topological polar surface area (TPSA) is 108 Å². The van der Waals surface area contributed by atoms with Gasteiger partial charge in [0.15, 0.2) is 0 Å². The SMILES string of the molecule is N#C[C@@H]1C[C@@H]1COc1nc(C(=O)N2CC(F)(F)C2)cc(N2CCC(C3=NCc4ncccc43)CC2)n1. The first-order valence-electron chi connectivity index (χ1n) is 12.2. The van der Waals surface area contributed by atoms with Crippen LogP contribution in [0.4, 0.5) is 14.6 Å². The van der Waals surface area contributed by atoms with Crippen molar-refractivity contribution < 1.29 is 18.3 Å². The molecule has 11 heteroatoms. The number of rotatable bonds is 6. The van der Waals surface area contributed by atoms with Crippen molar-refractivity contribution in [2.75, 3.05) is 37.7 Å². The quantitative estimate of drug-likeness (QED) is 0.609. The Bertz CT molecular complexity index is 1260. The number of anilines is 1. The first kappa shape index (κ1) is 22.8. The fraction of sp³-hybridized carbons (Fsp3) is 0.520. The number of alkyl halides is 2. The number of pyridine rings is 1. The molecule has 1 amide bonds. The Kier molecular flexibility index (Phi) is 5.54. The van der Waals surface area contributed by atoms with Crippen LogP contribution in [0.1, 0.15) is 41.0 Å². The fourth-order valence-corrected chi connectivity index (χ4v) is 5.11. The number of piperidine rings is 1. The number of aromatic nitrogens is 3. The molecule has 0 bridgehead atoms. The van der Waals surface area contributed by atoms with Crippen molar-refractivity contribution in [3.05, 3.63) is 41.3 Å². The lowest BCUT2D eigenvalue weighted by Gasteiger charge is -2.38. The lowest BCUT2D eigenvalue weighted by atomic mass is 9.88. The molecule has 2 aromatic rings. The highest BCUT2D eigenvalue weighted by Crippen LogP contribution is 2.38. The first-order valence-corrected chi connectivity index (χ1v) is 12.2. The van der Waals surface area contributed by atoms with Crippen LogP contribution in [0.2, 0.25) is 0 Å². The van der Waals surface area contributed by atoms with Gasteiger partial charge in [-0.2, -0.15) is 15.2 Å². The smallest absolute Gasteiger partial charge is 0.319 e. The molecule has 1 aliphatic carbocycles. The molecule has 3 fully saturated rings.